The zero-order valence-corrected chi connectivity index (χ0v) is 11.4. The summed E-state index contributed by atoms with van der Waals surface area (Å²) >= 11 is 0. The fourth-order valence-electron chi connectivity index (χ4n) is 1.96. The molecule has 0 saturated heterocycles. The molecule has 0 radical (unpaired) electrons. The number of aldehydes is 1. The first-order valence-electron chi connectivity index (χ1n) is 6.60. The van der Waals surface area contributed by atoms with Crippen molar-refractivity contribution in [1.82, 2.24) is 0 Å². The lowest BCUT2D eigenvalue weighted by atomic mass is 9.98. The molecule has 0 aliphatic carbocycles. The van der Waals surface area contributed by atoms with Gasteiger partial charge in [-0.2, -0.15) is 0 Å². The van der Waals surface area contributed by atoms with Gasteiger partial charge in [0.1, 0.15) is 12.9 Å². The fourth-order valence-corrected chi connectivity index (χ4v) is 1.96. The highest BCUT2D eigenvalue weighted by atomic mass is 19.1. The van der Waals surface area contributed by atoms with Crippen LogP contribution in [0.5, 0.6) is 5.75 Å². The number of carbonyl (C=O) groups is 1. The van der Waals surface area contributed by atoms with Gasteiger partial charge < -0.3 is 9.53 Å². The van der Waals surface area contributed by atoms with Crippen LogP contribution in [0.3, 0.4) is 0 Å². The molecule has 0 spiro atoms. The van der Waals surface area contributed by atoms with Gasteiger partial charge in [-0.3, -0.25) is 0 Å². The molecular formula is C17H17FO2. The van der Waals surface area contributed by atoms with Crippen molar-refractivity contribution >= 4 is 6.29 Å². The van der Waals surface area contributed by atoms with Crippen molar-refractivity contribution < 1.29 is 13.9 Å². The highest BCUT2D eigenvalue weighted by Crippen LogP contribution is 2.25. The Morgan fingerprint density at radius 2 is 1.95 bits per heavy atom. The van der Waals surface area contributed by atoms with E-state index in [0.29, 0.717) is 13.0 Å². The molecule has 0 aromatic heterocycles. The molecule has 0 saturated carbocycles. The Hall–Kier alpha value is -2.16. The summed E-state index contributed by atoms with van der Waals surface area (Å²) < 4.78 is 19.4. The van der Waals surface area contributed by atoms with Gasteiger partial charge in [0.05, 0.1) is 0 Å². The summed E-state index contributed by atoms with van der Waals surface area (Å²) in [4.78, 5) is 10.5. The van der Waals surface area contributed by atoms with E-state index >= 15 is 0 Å². The predicted octanol–water partition coefficient (Wildman–Crippen LogP) is 4.10. The number of carbonyl (C=O) groups excluding carboxylic acids is 1. The zero-order valence-electron chi connectivity index (χ0n) is 11.4. The minimum absolute atomic E-state index is 0.0187. The lowest BCUT2D eigenvalue weighted by Gasteiger charge is -2.11. The van der Waals surface area contributed by atoms with Gasteiger partial charge in [0.2, 0.25) is 0 Å². The maximum atomic E-state index is 13.9. The molecule has 20 heavy (non-hydrogen) atoms. The first-order valence-corrected chi connectivity index (χ1v) is 6.60. The average Bonchev–Trinajstić information content (AvgIpc) is 2.47. The van der Waals surface area contributed by atoms with Crippen molar-refractivity contribution in [2.45, 2.75) is 25.9 Å². The molecule has 0 amide bonds. The van der Waals surface area contributed by atoms with Gasteiger partial charge in [-0.05, 0) is 29.2 Å². The molecule has 0 fully saturated rings. The summed E-state index contributed by atoms with van der Waals surface area (Å²) in [7, 11) is 0. The van der Waals surface area contributed by atoms with Crippen LogP contribution < -0.4 is 4.74 Å². The predicted molar refractivity (Wildman–Crippen MR) is 76.3 cm³/mol. The topological polar surface area (TPSA) is 26.3 Å². The van der Waals surface area contributed by atoms with E-state index in [-0.39, 0.29) is 11.7 Å². The SMILES string of the molecule is CC(CC=O)c1ccc(OCc2ccccc2)c(F)c1. The fraction of sp³-hybridized carbons (Fsp3) is 0.235. The molecule has 1 atom stereocenters. The average molecular weight is 272 g/mol. The third-order valence-electron chi connectivity index (χ3n) is 3.21. The van der Waals surface area contributed by atoms with Crippen LogP contribution in [0.2, 0.25) is 0 Å². The van der Waals surface area contributed by atoms with Crippen molar-refractivity contribution in [1.29, 1.82) is 0 Å². The van der Waals surface area contributed by atoms with Crippen molar-refractivity contribution in [3.05, 3.63) is 65.5 Å². The van der Waals surface area contributed by atoms with Crippen LogP contribution in [0.25, 0.3) is 0 Å². The van der Waals surface area contributed by atoms with Crippen LogP contribution in [0.1, 0.15) is 30.4 Å². The molecule has 2 aromatic carbocycles. The second-order valence-electron chi connectivity index (χ2n) is 4.77. The molecule has 0 aliphatic rings. The molecule has 1 unspecified atom stereocenters. The summed E-state index contributed by atoms with van der Waals surface area (Å²) in [5.74, 6) is -0.141. The molecule has 104 valence electrons. The second kappa shape index (κ2) is 6.85. The number of halogens is 1. The van der Waals surface area contributed by atoms with E-state index in [1.54, 1.807) is 12.1 Å². The van der Waals surface area contributed by atoms with E-state index in [1.807, 2.05) is 37.3 Å². The zero-order chi connectivity index (χ0) is 14.4. The van der Waals surface area contributed by atoms with Crippen LogP contribution >= 0.6 is 0 Å². The number of hydrogen-bond acceptors (Lipinski definition) is 2. The minimum atomic E-state index is -0.392. The van der Waals surface area contributed by atoms with E-state index < -0.39 is 5.82 Å². The standard InChI is InChI=1S/C17H17FO2/c1-13(9-10-19)15-7-8-17(16(18)11-15)20-12-14-5-3-2-4-6-14/h2-8,10-11,13H,9,12H2,1H3. The third kappa shape index (κ3) is 3.67. The van der Waals surface area contributed by atoms with E-state index in [1.165, 1.54) is 6.07 Å². The van der Waals surface area contributed by atoms with Crippen molar-refractivity contribution in [3.8, 4) is 5.75 Å². The lowest BCUT2D eigenvalue weighted by Crippen LogP contribution is -2.00. The molecule has 0 aliphatic heterocycles. The van der Waals surface area contributed by atoms with Crippen LogP contribution in [-0.4, -0.2) is 6.29 Å². The Morgan fingerprint density at radius 1 is 1.20 bits per heavy atom. The molecule has 2 aromatic rings. The number of benzene rings is 2. The monoisotopic (exact) mass is 272 g/mol. The van der Waals surface area contributed by atoms with Gasteiger partial charge in [0.25, 0.3) is 0 Å². The summed E-state index contributed by atoms with van der Waals surface area (Å²) in [6.45, 7) is 2.23. The Bertz CT molecular complexity index is 566. The first-order chi connectivity index (χ1) is 9.70. The molecule has 0 heterocycles. The quantitative estimate of drug-likeness (QED) is 0.740. The van der Waals surface area contributed by atoms with E-state index in [2.05, 4.69) is 0 Å². The molecule has 2 nitrogen and oxygen atoms in total. The molecule has 0 bridgehead atoms. The van der Waals surface area contributed by atoms with Gasteiger partial charge in [-0.25, -0.2) is 4.39 Å². The van der Waals surface area contributed by atoms with Crippen LogP contribution in [-0.2, 0) is 11.4 Å². The maximum absolute atomic E-state index is 13.9. The molecule has 0 N–H and O–H groups in total. The maximum Gasteiger partial charge on any atom is 0.165 e. The van der Waals surface area contributed by atoms with E-state index in [4.69, 9.17) is 4.74 Å². The summed E-state index contributed by atoms with van der Waals surface area (Å²) in [6, 6.07) is 14.5. The van der Waals surface area contributed by atoms with E-state index in [0.717, 1.165) is 17.4 Å². The van der Waals surface area contributed by atoms with Crippen molar-refractivity contribution in [3.63, 3.8) is 0 Å². The summed E-state index contributed by atoms with van der Waals surface area (Å²) in [6.07, 6.45) is 1.24. The Labute approximate surface area is 118 Å². The Morgan fingerprint density at radius 3 is 2.60 bits per heavy atom. The van der Waals surface area contributed by atoms with Crippen LogP contribution in [0.4, 0.5) is 4.39 Å². The number of rotatable bonds is 6. The van der Waals surface area contributed by atoms with Gasteiger partial charge in [-0.15, -0.1) is 0 Å². The highest BCUT2D eigenvalue weighted by molar-refractivity contribution is 5.51. The Kier molecular flexibility index (Phi) is 4.88. The number of hydrogen-bond donors (Lipinski definition) is 0. The highest BCUT2D eigenvalue weighted by Gasteiger charge is 2.10. The van der Waals surface area contributed by atoms with Crippen LogP contribution in [0, 0.1) is 5.82 Å². The van der Waals surface area contributed by atoms with Gasteiger partial charge in [0.15, 0.2) is 11.6 Å². The lowest BCUT2D eigenvalue weighted by molar-refractivity contribution is -0.108. The summed E-state index contributed by atoms with van der Waals surface area (Å²) in [5, 5.41) is 0. The normalized spacial score (nSPS) is 11.9. The van der Waals surface area contributed by atoms with E-state index in [9.17, 15) is 9.18 Å². The smallest absolute Gasteiger partial charge is 0.165 e. The third-order valence-corrected chi connectivity index (χ3v) is 3.21. The van der Waals surface area contributed by atoms with Gasteiger partial charge in [0, 0.05) is 6.42 Å². The largest absolute Gasteiger partial charge is 0.486 e. The van der Waals surface area contributed by atoms with Crippen LogP contribution in [0.15, 0.2) is 48.5 Å². The van der Waals surface area contributed by atoms with Crippen molar-refractivity contribution in [2.24, 2.45) is 0 Å². The molecular weight excluding hydrogens is 255 g/mol. The van der Waals surface area contributed by atoms with Crippen molar-refractivity contribution in [2.75, 3.05) is 0 Å². The molecule has 2 rings (SSSR count). The number of ether oxygens (including phenoxy) is 1. The molecule has 3 heteroatoms. The van der Waals surface area contributed by atoms with Gasteiger partial charge >= 0.3 is 0 Å². The summed E-state index contributed by atoms with van der Waals surface area (Å²) in [5.41, 5.74) is 1.80. The minimum Gasteiger partial charge on any atom is -0.486 e. The Balaban J connectivity index is 2.04. The van der Waals surface area contributed by atoms with Gasteiger partial charge in [-0.1, -0.05) is 43.3 Å². The second-order valence-corrected chi connectivity index (χ2v) is 4.77. The first kappa shape index (κ1) is 14.3.